The fourth-order valence-electron chi connectivity index (χ4n) is 1.46. The molecule has 1 aromatic heterocycles. The number of nitrogens with zero attached hydrogens (tertiary/aromatic N) is 1. The summed E-state index contributed by atoms with van der Waals surface area (Å²) in [5, 5.41) is 3.34. The first-order valence-electron chi connectivity index (χ1n) is 5.94. The van der Waals surface area contributed by atoms with Crippen LogP contribution < -0.4 is 10.1 Å². The summed E-state index contributed by atoms with van der Waals surface area (Å²) in [5.41, 5.74) is 0.901. The maximum absolute atomic E-state index is 5.89. The molecule has 17 heavy (non-hydrogen) atoms. The zero-order chi connectivity index (χ0) is 12.7. The van der Waals surface area contributed by atoms with Crippen molar-refractivity contribution in [3.05, 3.63) is 24.0 Å². The summed E-state index contributed by atoms with van der Waals surface area (Å²) in [6.45, 7) is 7.49. The van der Waals surface area contributed by atoms with E-state index in [4.69, 9.17) is 9.47 Å². The maximum Gasteiger partial charge on any atom is 0.141 e. The van der Waals surface area contributed by atoms with Gasteiger partial charge in [0.2, 0.25) is 0 Å². The number of methoxy groups -OCH3 is 1. The SMILES string of the molecule is COCC(CNC(C)C)Oc1cccnc1C. The topological polar surface area (TPSA) is 43.4 Å². The van der Waals surface area contributed by atoms with E-state index in [1.54, 1.807) is 13.3 Å². The molecule has 0 aliphatic rings. The van der Waals surface area contributed by atoms with Crippen LogP contribution in [-0.4, -0.2) is 37.4 Å². The Morgan fingerprint density at radius 2 is 2.18 bits per heavy atom. The molecule has 1 unspecified atom stereocenters. The van der Waals surface area contributed by atoms with Gasteiger partial charge in [-0.25, -0.2) is 0 Å². The number of rotatable bonds is 7. The molecule has 0 saturated carbocycles. The van der Waals surface area contributed by atoms with Crippen molar-refractivity contribution in [1.29, 1.82) is 0 Å². The van der Waals surface area contributed by atoms with E-state index in [0.29, 0.717) is 12.6 Å². The molecular formula is C13H22N2O2. The predicted octanol–water partition coefficient (Wildman–Crippen LogP) is 1.78. The lowest BCUT2D eigenvalue weighted by atomic mass is 10.3. The van der Waals surface area contributed by atoms with E-state index in [2.05, 4.69) is 24.1 Å². The highest BCUT2D eigenvalue weighted by atomic mass is 16.5. The highest BCUT2D eigenvalue weighted by molar-refractivity contribution is 5.25. The van der Waals surface area contributed by atoms with Crippen molar-refractivity contribution in [1.82, 2.24) is 10.3 Å². The van der Waals surface area contributed by atoms with Gasteiger partial charge in [-0.15, -0.1) is 0 Å². The molecule has 0 saturated heterocycles. The van der Waals surface area contributed by atoms with Crippen LogP contribution in [0.4, 0.5) is 0 Å². The summed E-state index contributed by atoms with van der Waals surface area (Å²) in [6.07, 6.45) is 1.77. The van der Waals surface area contributed by atoms with E-state index in [0.717, 1.165) is 18.0 Å². The monoisotopic (exact) mass is 238 g/mol. The summed E-state index contributed by atoms with van der Waals surface area (Å²) in [4.78, 5) is 4.20. The molecule has 1 atom stereocenters. The Balaban J connectivity index is 2.56. The van der Waals surface area contributed by atoms with Crippen molar-refractivity contribution in [3.63, 3.8) is 0 Å². The van der Waals surface area contributed by atoms with Crippen LogP contribution in [0.2, 0.25) is 0 Å². The lowest BCUT2D eigenvalue weighted by molar-refractivity contribution is 0.0787. The van der Waals surface area contributed by atoms with Crippen LogP contribution in [0.25, 0.3) is 0 Å². The summed E-state index contributed by atoms with van der Waals surface area (Å²) < 4.78 is 11.0. The van der Waals surface area contributed by atoms with Crippen LogP contribution in [-0.2, 0) is 4.74 Å². The van der Waals surface area contributed by atoms with Crippen LogP contribution in [0.1, 0.15) is 19.5 Å². The van der Waals surface area contributed by atoms with Gasteiger partial charge in [-0.3, -0.25) is 4.98 Å². The lowest BCUT2D eigenvalue weighted by Crippen LogP contribution is -2.38. The fourth-order valence-corrected chi connectivity index (χ4v) is 1.46. The summed E-state index contributed by atoms with van der Waals surface area (Å²) in [6, 6.07) is 4.25. The predicted molar refractivity (Wildman–Crippen MR) is 68.4 cm³/mol. The number of nitrogens with one attached hydrogen (secondary N) is 1. The average molecular weight is 238 g/mol. The number of aromatic nitrogens is 1. The Bertz CT molecular complexity index is 329. The third-order valence-corrected chi connectivity index (χ3v) is 2.36. The third-order valence-electron chi connectivity index (χ3n) is 2.36. The Morgan fingerprint density at radius 1 is 1.41 bits per heavy atom. The second-order valence-electron chi connectivity index (χ2n) is 4.35. The van der Waals surface area contributed by atoms with E-state index >= 15 is 0 Å². The van der Waals surface area contributed by atoms with Crippen molar-refractivity contribution in [3.8, 4) is 5.75 Å². The van der Waals surface area contributed by atoms with Crippen molar-refractivity contribution in [2.24, 2.45) is 0 Å². The van der Waals surface area contributed by atoms with Crippen molar-refractivity contribution < 1.29 is 9.47 Å². The van der Waals surface area contributed by atoms with Crippen LogP contribution >= 0.6 is 0 Å². The third kappa shape index (κ3) is 5.15. The minimum atomic E-state index is 0.00491. The molecule has 1 N–H and O–H groups in total. The minimum Gasteiger partial charge on any atom is -0.485 e. The molecule has 0 fully saturated rings. The van der Waals surface area contributed by atoms with Crippen LogP contribution in [0, 0.1) is 6.92 Å². The Morgan fingerprint density at radius 3 is 2.76 bits per heavy atom. The molecule has 4 heteroatoms. The van der Waals surface area contributed by atoms with E-state index in [1.807, 2.05) is 19.1 Å². The second-order valence-corrected chi connectivity index (χ2v) is 4.35. The van der Waals surface area contributed by atoms with Crippen LogP contribution in [0.15, 0.2) is 18.3 Å². The average Bonchev–Trinajstić information content (AvgIpc) is 2.29. The molecule has 0 radical (unpaired) electrons. The number of hydrogen-bond acceptors (Lipinski definition) is 4. The Hall–Kier alpha value is -1.13. The molecule has 1 rings (SSSR count). The Kier molecular flexibility index (Phi) is 5.94. The molecule has 0 aliphatic carbocycles. The number of aryl methyl sites for hydroxylation is 1. The zero-order valence-corrected chi connectivity index (χ0v) is 11.1. The molecule has 0 aromatic carbocycles. The van der Waals surface area contributed by atoms with Gasteiger partial charge in [0.15, 0.2) is 0 Å². The number of hydrogen-bond donors (Lipinski definition) is 1. The molecular weight excluding hydrogens is 216 g/mol. The van der Waals surface area contributed by atoms with E-state index < -0.39 is 0 Å². The summed E-state index contributed by atoms with van der Waals surface area (Å²) in [5.74, 6) is 0.820. The van der Waals surface area contributed by atoms with Crippen molar-refractivity contribution in [2.45, 2.75) is 32.9 Å². The minimum absolute atomic E-state index is 0.00491. The molecule has 1 heterocycles. The fraction of sp³-hybridized carbons (Fsp3) is 0.615. The zero-order valence-electron chi connectivity index (χ0n) is 11.1. The first-order chi connectivity index (χ1) is 8.13. The van der Waals surface area contributed by atoms with Gasteiger partial charge >= 0.3 is 0 Å². The molecule has 0 aliphatic heterocycles. The quantitative estimate of drug-likeness (QED) is 0.786. The van der Waals surface area contributed by atoms with E-state index in [-0.39, 0.29) is 6.10 Å². The van der Waals surface area contributed by atoms with Crippen LogP contribution in [0.3, 0.4) is 0 Å². The molecule has 96 valence electrons. The standard InChI is InChI=1S/C13H22N2O2/c1-10(2)15-8-12(9-16-4)17-13-6-5-7-14-11(13)3/h5-7,10,12,15H,8-9H2,1-4H3. The number of pyridine rings is 1. The Labute approximate surface area is 103 Å². The molecule has 0 bridgehead atoms. The first kappa shape index (κ1) is 13.9. The lowest BCUT2D eigenvalue weighted by Gasteiger charge is -2.21. The van der Waals surface area contributed by atoms with Gasteiger partial charge in [0.1, 0.15) is 11.9 Å². The van der Waals surface area contributed by atoms with E-state index in [9.17, 15) is 0 Å². The first-order valence-corrected chi connectivity index (χ1v) is 5.94. The smallest absolute Gasteiger partial charge is 0.141 e. The van der Waals surface area contributed by atoms with Gasteiger partial charge in [-0.2, -0.15) is 0 Å². The highest BCUT2D eigenvalue weighted by Crippen LogP contribution is 2.15. The molecule has 4 nitrogen and oxygen atoms in total. The van der Waals surface area contributed by atoms with Crippen LogP contribution in [0.5, 0.6) is 5.75 Å². The second kappa shape index (κ2) is 7.25. The molecule has 1 aromatic rings. The van der Waals surface area contributed by atoms with E-state index in [1.165, 1.54) is 0 Å². The van der Waals surface area contributed by atoms with Gasteiger partial charge in [-0.1, -0.05) is 13.8 Å². The normalized spacial score (nSPS) is 12.8. The van der Waals surface area contributed by atoms with Gasteiger partial charge in [-0.05, 0) is 19.1 Å². The van der Waals surface area contributed by atoms with Gasteiger partial charge < -0.3 is 14.8 Å². The largest absolute Gasteiger partial charge is 0.485 e. The summed E-state index contributed by atoms with van der Waals surface area (Å²) >= 11 is 0. The van der Waals surface area contributed by atoms with Crippen molar-refractivity contribution in [2.75, 3.05) is 20.3 Å². The molecule has 0 spiro atoms. The van der Waals surface area contributed by atoms with Gasteiger partial charge in [0.05, 0.1) is 12.3 Å². The summed E-state index contributed by atoms with van der Waals surface area (Å²) in [7, 11) is 1.68. The van der Waals surface area contributed by atoms with Crippen molar-refractivity contribution >= 4 is 0 Å². The molecule has 0 amide bonds. The number of ether oxygens (including phenoxy) is 2. The van der Waals surface area contributed by atoms with Gasteiger partial charge in [0, 0.05) is 25.9 Å². The highest BCUT2D eigenvalue weighted by Gasteiger charge is 2.12. The van der Waals surface area contributed by atoms with Gasteiger partial charge in [0.25, 0.3) is 0 Å². The maximum atomic E-state index is 5.89.